The Morgan fingerprint density at radius 1 is 0.907 bits per heavy atom. The molecule has 11 nitrogen and oxygen atoms in total. The number of carbonyl (C=O) groups excluding carboxylic acids is 2. The predicted octanol–water partition coefficient (Wildman–Crippen LogP) is 3.61. The third-order valence-corrected chi connectivity index (χ3v) is 9.92. The molecule has 1 amide bonds. The van der Waals surface area contributed by atoms with E-state index >= 15 is 4.79 Å². The molecule has 0 saturated carbocycles. The summed E-state index contributed by atoms with van der Waals surface area (Å²) in [5, 5.41) is 0.254. The highest BCUT2D eigenvalue weighted by molar-refractivity contribution is 7.93. The van der Waals surface area contributed by atoms with Gasteiger partial charge in [0.25, 0.3) is 15.9 Å². The van der Waals surface area contributed by atoms with Crippen LogP contribution in [-0.2, 0) is 34.6 Å². The predicted molar refractivity (Wildman–Crippen MR) is 157 cm³/mol. The molecule has 2 heterocycles. The van der Waals surface area contributed by atoms with Crippen molar-refractivity contribution < 1.29 is 41.7 Å². The van der Waals surface area contributed by atoms with Crippen LogP contribution in [0.2, 0.25) is 5.02 Å². The number of esters is 1. The van der Waals surface area contributed by atoms with Gasteiger partial charge in [0.1, 0.15) is 28.2 Å². The van der Waals surface area contributed by atoms with Crippen molar-refractivity contribution in [1.29, 1.82) is 0 Å². The zero-order chi connectivity index (χ0) is 31.1. The number of benzene rings is 3. The molecule has 2 aliphatic heterocycles. The number of nitrogens with zero attached hydrogens (tertiary/aromatic N) is 2. The molecule has 0 aliphatic carbocycles. The van der Waals surface area contributed by atoms with Gasteiger partial charge in [0, 0.05) is 42.3 Å². The average Bonchev–Trinajstić information content (AvgIpc) is 3.57. The molecule has 2 aliphatic rings. The number of ether oxygens (including phenoxy) is 5. The van der Waals surface area contributed by atoms with Crippen molar-refractivity contribution >= 4 is 39.2 Å². The van der Waals surface area contributed by atoms with Gasteiger partial charge in [-0.2, -0.15) is 0 Å². The fourth-order valence-corrected chi connectivity index (χ4v) is 7.78. The molecule has 0 bridgehead atoms. The molecule has 228 valence electrons. The van der Waals surface area contributed by atoms with E-state index in [1.807, 2.05) is 0 Å². The summed E-state index contributed by atoms with van der Waals surface area (Å²) in [6.45, 7) is 0.0890. The Morgan fingerprint density at radius 2 is 1.63 bits per heavy atom. The summed E-state index contributed by atoms with van der Waals surface area (Å²) in [5.74, 6) is -0.832. The van der Waals surface area contributed by atoms with Crippen LogP contribution in [0.4, 0.5) is 5.69 Å². The van der Waals surface area contributed by atoms with Crippen molar-refractivity contribution in [2.45, 2.75) is 29.0 Å². The number of hydrogen-bond acceptors (Lipinski definition) is 10. The Labute approximate surface area is 254 Å². The molecule has 0 N–H and O–H groups in total. The Kier molecular flexibility index (Phi) is 8.32. The third-order valence-electron chi connectivity index (χ3n) is 7.95. The molecule has 13 heteroatoms. The molecule has 43 heavy (non-hydrogen) atoms. The zero-order valence-electron chi connectivity index (χ0n) is 24.2. The zero-order valence-corrected chi connectivity index (χ0v) is 25.8. The SMILES string of the molecule is COC(=O)[C@@H]1C[C@@H](OC)CN1C1(c2ccccc2OC)C(=O)N(S(=O)(=O)c2ccc(OC)cc2OC)c2ccc(Cl)cc21. The molecule has 3 atom stereocenters. The first-order valence-corrected chi connectivity index (χ1v) is 15.0. The van der Waals surface area contributed by atoms with E-state index in [1.54, 1.807) is 29.2 Å². The van der Waals surface area contributed by atoms with E-state index in [2.05, 4.69) is 0 Å². The van der Waals surface area contributed by atoms with E-state index < -0.39 is 39.6 Å². The second-order valence-electron chi connectivity index (χ2n) is 9.95. The number of para-hydroxylation sites is 1. The number of sulfonamides is 1. The van der Waals surface area contributed by atoms with Crippen molar-refractivity contribution in [1.82, 2.24) is 4.90 Å². The average molecular weight is 631 g/mol. The van der Waals surface area contributed by atoms with Crippen molar-refractivity contribution in [2.24, 2.45) is 0 Å². The van der Waals surface area contributed by atoms with Crippen LogP contribution >= 0.6 is 11.6 Å². The number of halogens is 1. The van der Waals surface area contributed by atoms with Crippen molar-refractivity contribution in [3.05, 3.63) is 76.8 Å². The maximum Gasteiger partial charge on any atom is 0.323 e. The normalized spacial score (nSPS) is 21.9. The van der Waals surface area contributed by atoms with Crippen molar-refractivity contribution in [3.63, 3.8) is 0 Å². The topological polar surface area (TPSA) is 121 Å². The number of rotatable bonds is 9. The third kappa shape index (κ3) is 4.69. The van der Waals surface area contributed by atoms with Crippen LogP contribution in [0.25, 0.3) is 0 Å². The van der Waals surface area contributed by atoms with Crippen LogP contribution in [0, 0.1) is 0 Å². The summed E-state index contributed by atoms with van der Waals surface area (Å²) in [7, 11) is 2.34. The highest BCUT2D eigenvalue weighted by Crippen LogP contribution is 2.55. The lowest BCUT2D eigenvalue weighted by Gasteiger charge is -2.41. The summed E-state index contributed by atoms with van der Waals surface area (Å²) < 4.78 is 57.0. The molecular weight excluding hydrogens is 600 g/mol. The highest BCUT2D eigenvalue weighted by Gasteiger charge is 2.64. The minimum atomic E-state index is -4.63. The smallest absolute Gasteiger partial charge is 0.323 e. The Morgan fingerprint density at radius 3 is 2.28 bits per heavy atom. The molecule has 1 saturated heterocycles. The number of likely N-dealkylation sites (tertiary alicyclic amines) is 1. The van der Waals surface area contributed by atoms with Gasteiger partial charge >= 0.3 is 5.97 Å². The van der Waals surface area contributed by atoms with E-state index in [-0.39, 0.29) is 39.9 Å². The van der Waals surface area contributed by atoms with Gasteiger partial charge in [-0.25, -0.2) is 12.7 Å². The summed E-state index contributed by atoms with van der Waals surface area (Å²) >= 11 is 6.53. The Bertz CT molecular complexity index is 1680. The number of methoxy groups -OCH3 is 5. The number of anilines is 1. The second kappa shape index (κ2) is 11.7. The lowest BCUT2D eigenvalue weighted by atomic mass is 9.81. The van der Waals surface area contributed by atoms with Crippen molar-refractivity contribution in [3.8, 4) is 17.2 Å². The van der Waals surface area contributed by atoms with Crippen LogP contribution in [0.5, 0.6) is 17.2 Å². The molecule has 3 aromatic carbocycles. The monoisotopic (exact) mass is 630 g/mol. The van der Waals surface area contributed by atoms with Crippen molar-refractivity contribution in [2.75, 3.05) is 46.4 Å². The van der Waals surface area contributed by atoms with Gasteiger partial charge in [-0.1, -0.05) is 29.8 Å². The maximum atomic E-state index is 15.2. The summed E-state index contributed by atoms with van der Waals surface area (Å²) in [6, 6.07) is 14.5. The van der Waals surface area contributed by atoms with Crippen LogP contribution in [0.15, 0.2) is 65.6 Å². The quantitative estimate of drug-likeness (QED) is 0.324. The largest absolute Gasteiger partial charge is 0.497 e. The molecule has 1 unspecified atom stereocenters. The van der Waals surface area contributed by atoms with Crippen LogP contribution in [0.1, 0.15) is 17.5 Å². The summed E-state index contributed by atoms with van der Waals surface area (Å²) in [5.41, 5.74) is -1.28. The van der Waals surface area contributed by atoms with E-state index in [1.165, 1.54) is 71.9 Å². The van der Waals surface area contributed by atoms with E-state index in [4.69, 9.17) is 35.3 Å². The summed E-state index contributed by atoms with van der Waals surface area (Å²) in [6.07, 6.45) is -0.277. The Balaban J connectivity index is 1.86. The summed E-state index contributed by atoms with van der Waals surface area (Å²) in [4.78, 5) is 29.8. The van der Waals surface area contributed by atoms with Gasteiger partial charge in [-0.15, -0.1) is 0 Å². The first-order valence-electron chi connectivity index (χ1n) is 13.2. The standard InChI is InChI=1S/C30H31ClN2O9S/c1-38-19-11-13-27(26(16-19)41-4)43(36,37)33-23-12-10-18(31)14-22(23)30(29(33)35,21-8-6-7-9-25(21)40-3)32-17-20(39-2)15-24(32)28(34)42-5/h6-14,16,20,24H,15,17H2,1-5H3/t20-,24+,30?/m1/s1. The molecule has 0 radical (unpaired) electrons. The van der Waals surface area contributed by atoms with Gasteiger partial charge in [0.05, 0.1) is 40.2 Å². The van der Waals surface area contributed by atoms with Gasteiger partial charge in [-0.05, 0) is 36.4 Å². The lowest BCUT2D eigenvalue weighted by molar-refractivity contribution is -0.149. The lowest BCUT2D eigenvalue weighted by Crippen LogP contribution is -2.58. The van der Waals surface area contributed by atoms with Gasteiger partial charge in [-0.3, -0.25) is 14.5 Å². The number of carbonyl (C=O) groups is 2. The number of hydrogen-bond donors (Lipinski definition) is 0. The maximum absolute atomic E-state index is 15.2. The van der Waals surface area contributed by atoms with Crippen LogP contribution in [0.3, 0.4) is 0 Å². The molecule has 0 spiro atoms. The van der Waals surface area contributed by atoms with Gasteiger partial charge in [0.2, 0.25) is 0 Å². The van der Waals surface area contributed by atoms with Crippen LogP contribution < -0.4 is 18.5 Å². The number of amides is 1. The molecular formula is C30H31ClN2O9S. The van der Waals surface area contributed by atoms with Crippen LogP contribution in [-0.4, -0.2) is 79.4 Å². The molecule has 3 aromatic rings. The van der Waals surface area contributed by atoms with E-state index in [9.17, 15) is 13.2 Å². The minimum Gasteiger partial charge on any atom is -0.497 e. The number of fused-ring (bicyclic) bond motifs is 1. The molecule has 1 fully saturated rings. The first-order chi connectivity index (χ1) is 20.6. The second-order valence-corrected chi connectivity index (χ2v) is 12.1. The Hall–Kier alpha value is -3.84. The van der Waals surface area contributed by atoms with Gasteiger partial charge in [0.15, 0.2) is 5.54 Å². The molecule has 5 rings (SSSR count). The fraction of sp³-hybridized carbons (Fsp3) is 0.333. The van der Waals surface area contributed by atoms with E-state index in [0.29, 0.717) is 17.1 Å². The fourth-order valence-electron chi connectivity index (χ4n) is 6.01. The van der Waals surface area contributed by atoms with E-state index in [0.717, 1.165) is 4.31 Å². The highest BCUT2D eigenvalue weighted by atomic mass is 35.5. The minimum absolute atomic E-state index is 0.0227. The van der Waals surface area contributed by atoms with Gasteiger partial charge < -0.3 is 23.7 Å². The molecule has 0 aromatic heterocycles. The first kappa shape index (κ1) is 30.6.